The normalized spacial score (nSPS) is 23.7. The third-order valence-corrected chi connectivity index (χ3v) is 6.21. The van der Waals surface area contributed by atoms with E-state index in [2.05, 4.69) is 16.8 Å². The van der Waals surface area contributed by atoms with E-state index in [0.717, 1.165) is 23.0 Å². The van der Waals surface area contributed by atoms with E-state index >= 15 is 0 Å². The van der Waals surface area contributed by atoms with Gasteiger partial charge in [0.25, 0.3) is 0 Å². The molecule has 2 aromatic rings. The minimum atomic E-state index is -0.0751. The highest BCUT2D eigenvalue weighted by molar-refractivity contribution is 8.14. The Labute approximate surface area is 175 Å². The molecular weight excluding hydrogens is 394 g/mol. The molecule has 2 aliphatic rings. The third kappa shape index (κ3) is 3.55. The molecule has 0 unspecified atom stereocenters. The van der Waals surface area contributed by atoms with Crippen molar-refractivity contribution in [2.24, 2.45) is 4.99 Å². The summed E-state index contributed by atoms with van der Waals surface area (Å²) in [5.41, 5.74) is 2.02. The van der Waals surface area contributed by atoms with Gasteiger partial charge in [-0.2, -0.15) is 0 Å². The second-order valence-electron chi connectivity index (χ2n) is 7.34. The quantitative estimate of drug-likeness (QED) is 0.675. The van der Waals surface area contributed by atoms with Gasteiger partial charge in [-0.15, -0.1) is 0 Å². The summed E-state index contributed by atoms with van der Waals surface area (Å²) in [6.45, 7) is 7.12. The van der Waals surface area contributed by atoms with Gasteiger partial charge < -0.3 is 14.4 Å². The van der Waals surface area contributed by atoms with Gasteiger partial charge in [-0.25, -0.2) is 0 Å². The lowest BCUT2D eigenvalue weighted by atomic mass is 9.96. The molecule has 0 spiro atoms. The summed E-state index contributed by atoms with van der Waals surface area (Å²) in [4.78, 5) is 11.9. The van der Waals surface area contributed by atoms with E-state index in [1.54, 1.807) is 7.11 Å². The maximum Gasteiger partial charge on any atom is 0.180 e. The Hall–Kier alpha value is -1.92. The van der Waals surface area contributed by atoms with Gasteiger partial charge in [0.15, 0.2) is 16.7 Å². The zero-order valence-electron chi connectivity index (χ0n) is 16.4. The number of methoxy groups -OCH3 is 1. The van der Waals surface area contributed by atoms with Crippen LogP contribution < -0.4 is 9.47 Å². The number of hydrogen-bond donors (Lipinski definition) is 0. The molecule has 7 heteroatoms. The fourth-order valence-corrected chi connectivity index (χ4v) is 5.10. The molecular formula is C21H24ClN3O2S. The average molecular weight is 418 g/mol. The number of aromatic nitrogens is 1. The van der Waals surface area contributed by atoms with Crippen molar-refractivity contribution in [3.63, 3.8) is 0 Å². The minimum absolute atomic E-state index is 0.00997. The lowest BCUT2D eigenvalue weighted by Crippen LogP contribution is -2.28. The molecule has 0 amide bonds. The first kappa shape index (κ1) is 19.4. The number of ether oxygens (including phenoxy) is 2. The van der Waals surface area contributed by atoms with E-state index in [9.17, 15) is 0 Å². The predicted octanol–water partition coefficient (Wildman–Crippen LogP) is 5.12. The Morgan fingerprint density at radius 2 is 2.11 bits per heavy atom. The Morgan fingerprint density at radius 3 is 2.79 bits per heavy atom. The summed E-state index contributed by atoms with van der Waals surface area (Å²) >= 11 is 8.44. The third-order valence-electron chi connectivity index (χ3n) is 4.83. The highest BCUT2D eigenvalue weighted by Gasteiger charge is 2.44. The topological polar surface area (TPSA) is 47.0 Å². The summed E-state index contributed by atoms with van der Waals surface area (Å²) in [5.74, 6) is 1.23. The summed E-state index contributed by atoms with van der Waals surface area (Å²) in [7, 11) is 1.64. The van der Waals surface area contributed by atoms with Crippen molar-refractivity contribution in [3.8, 4) is 11.5 Å². The smallest absolute Gasteiger partial charge is 0.180 e. The van der Waals surface area contributed by atoms with E-state index in [1.165, 1.54) is 0 Å². The van der Waals surface area contributed by atoms with Crippen molar-refractivity contribution < 1.29 is 9.47 Å². The molecule has 1 fully saturated rings. The second-order valence-corrected chi connectivity index (χ2v) is 9.15. The second kappa shape index (κ2) is 7.84. The van der Waals surface area contributed by atoms with Crippen LogP contribution >= 0.6 is 23.4 Å². The molecule has 0 bridgehead atoms. The number of fused-ring (bicyclic) bond motifs is 1. The minimum Gasteiger partial charge on any atom is -0.493 e. The van der Waals surface area contributed by atoms with Gasteiger partial charge >= 0.3 is 0 Å². The van der Waals surface area contributed by atoms with Gasteiger partial charge in [0, 0.05) is 18.0 Å². The zero-order valence-corrected chi connectivity index (χ0v) is 18.0. The van der Waals surface area contributed by atoms with E-state index in [0.29, 0.717) is 21.8 Å². The molecule has 2 aliphatic heterocycles. The lowest BCUT2D eigenvalue weighted by Gasteiger charge is -2.28. The van der Waals surface area contributed by atoms with E-state index < -0.39 is 0 Å². The maximum absolute atomic E-state index is 6.62. The van der Waals surface area contributed by atoms with Crippen LogP contribution in [0.15, 0.2) is 41.5 Å². The molecule has 1 aromatic heterocycles. The SMILES string of the molecule is COc1cc([C@H]2[C@@H](c3ccccn3)N=C3S[C@@H](C)CN32)cc(Cl)c1OC(C)C. The van der Waals surface area contributed by atoms with Crippen LogP contribution in [0.5, 0.6) is 11.5 Å². The molecule has 0 radical (unpaired) electrons. The molecule has 4 rings (SSSR count). The van der Waals surface area contributed by atoms with Crippen molar-refractivity contribution in [2.45, 2.75) is 44.2 Å². The van der Waals surface area contributed by atoms with Gasteiger partial charge in [-0.05, 0) is 43.7 Å². The van der Waals surface area contributed by atoms with E-state index in [-0.39, 0.29) is 18.2 Å². The van der Waals surface area contributed by atoms with Crippen molar-refractivity contribution in [1.82, 2.24) is 9.88 Å². The molecule has 148 valence electrons. The number of thioether (sulfide) groups is 1. The van der Waals surface area contributed by atoms with E-state index in [1.807, 2.05) is 62.1 Å². The molecule has 3 atom stereocenters. The van der Waals surface area contributed by atoms with Gasteiger partial charge in [0.05, 0.1) is 30.0 Å². The van der Waals surface area contributed by atoms with Gasteiger partial charge in [-0.3, -0.25) is 9.98 Å². The summed E-state index contributed by atoms with van der Waals surface area (Å²) < 4.78 is 11.5. The first-order valence-corrected chi connectivity index (χ1v) is 10.7. The number of halogens is 1. The van der Waals surface area contributed by atoms with Crippen molar-refractivity contribution >= 4 is 28.5 Å². The van der Waals surface area contributed by atoms with Crippen LogP contribution in [0.4, 0.5) is 0 Å². The molecule has 5 nitrogen and oxygen atoms in total. The van der Waals surface area contributed by atoms with Gasteiger partial charge in [0.1, 0.15) is 6.04 Å². The Kier molecular flexibility index (Phi) is 5.43. The van der Waals surface area contributed by atoms with Crippen molar-refractivity contribution in [1.29, 1.82) is 0 Å². The van der Waals surface area contributed by atoms with Crippen LogP contribution in [0.2, 0.25) is 5.02 Å². The highest BCUT2D eigenvalue weighted by Crippen LogP contribution is 2.50. The van der Waals surface area contributed by atoms with E-state index in [4.69, 9.17) is 26.1 Å². The molecule has 28 heavy (non-hydrogen) atoms. The van der Waals surface area contributed by atoms with Crippen molar-refractivity contribution in [2.75, 3.05) is 13.7 Å². The molecule has 1 aromatic carbocycles. The van der Waals surface area contributed by atoms with Gasteiger partial charge in [0.2, 0.25) is 0 Å². The number of aliphatic imine (C=N–C) groups is 1. The summed E-state index contributed by atoms with van der Waals surface area (Å²) in [6, 6.07) is 9.93. The number of hydrogen-bond acceptors (Lipinski definition) is 6. The zero-order chi connectivity index (χ0) is 19.8. The average Bonchev–Trinajstić information content (AvgIpc) is 3.19. The Morgan fingerprint density at radius 1 is 1.29 bits per heavy atom. The standard InChI is InChI=1S/C21H24ClN3O2S/c1-12(2)27-20-15(22)9-14(10-17(20)26-4)19-18(16-7-5-6-8-23-16)24-21-25(19)11-13(3)28-21/h5-10,12-13,18-19H,11H2,1-4H3/t13-,18+,19-/m0/s1. The molecule has 1 saturated heterocycles. The number of nitrogens with zero attached hydrogens (tertiary/aromatic N) is 3. The molecule has 0 N–H and O–H groups in total. The largest absolute Gasteiger partial charge is 0.493 e. The fraction of sp³-hybridized carbons (Fsp3) is 0.429. The van der Waals surface area contributed by atoms with Crippen LogP contribution in [-0.2, 0) is 0 Å². The van der Waals surface area contributed by atoms with Gasteiger partial charge in [-0.1, -0.05) is 36.4 Å². The van der Waals surface area contributed by atoms with Crippen LogP contribution in [0, 0.1) is 0 Å². The Bertz CT molecular complexity index is 891. The summed E-state index contributed by atoms with van der Waals surface area (Å²) in [6.07, 6.45) is 1.83. The predicted molar refractivity (Wildman–Crippen MR) is 115 cm³/mol. The molecule has 0 aliphatic carbocycles. The van der Waals surface area contributed by atoms with Crippen LogP contribution in [0.1, 0.15) is 44.1 Å². The first-order valence-electron chi connectivity index (χ1n) is 9.44. The first-order chi connectivity index (χ1) is 13.5. The maximum atomic E-state index is 6.62. The monoisotopic (exact) mass is 417 g/mol. The van der Waals surface area contributed by atoms with Crippen LogP contribution in [-0.4, -0.2) is 40.1 Å². The fourth-order valence-electron chi connectivity index (χ4n) is 3.74. The number of amidine groups is 1. The van der Waals surface area contributed by atoms with Crippen LogP contribution in [0.25, 0.3) is 0 Å². The Balaban J connectivity index is 1.78. The number of pyridine rings is 1. The lowest BCUT2D eigenvalue weighted by molar-refractivity contribution is 0.229. The van der Waals surface area contributed by atoms with Crippen molar-refractivity contribution in [3.05, 3.63) is 52.8 Å². The molecule has 3 heterocycles. The molecule has 0 saturated carbocycles. The highest BCUT2D eigenvalue weighted by atomic mass is 35.5. The van der Waals surface area contributed by atoms with Crippen LogP contribution in [0.3, 0.4) is 0 Å². The summed E-state index contributed by atoms with van der Waals surface area (Å²) in [5, 5.41) is 2.13. The number of rotatable bonds is 5. The number of benzene rings is 1.